The van der Waals surface area contributed by atoms with E-state index in [1.165, 1.54) is 0 Å². The van der Waals surface area contributed by atoms with Gasteiger partial charge < -0.3 is 14.7 Å². The van der Waals surface area contributed by atoms with Crippen molar-refractivity contribution in [2.24, 2.45) is 17.3 Å². The molecule has 1 aromatic carbocycles. The molecule has 0 spiro atoms. The van der Waals surface area contributed by atoms with Gasteiger partial charge in [-0.1, -0.05) is 20.8 Å². The second kappa shape index (κ2) is 7.24. The molecule has 1 N–H and O–H groups in total. The lowest BCUT2D eigenvalue weighted by atomic mass is 9.67. The van der Waals surface area contributed by atoms with Gasteiger partial charge in [-0.25, -0.2) is 4.79 Å². The number of carbonyl (C=O) groups excluding carboxylic acids is 1. The molecule has 1 aliphatic rings. The molecule has 0 radical (unpaired) electrons. The average molecular weight is 333 g/mol. The molecule has 1 aromatic rings. The Morgan fingerprint density at radius 2 is 1.88 bits per heavy atom. The highest BCUT2D eigenvalue weighted by Crippen LogP contribution is 2.42. The second-order valence-corrected chi connectivity index (χ2v) is 7.68. The zero-order valence-corrected chi connectivity index (χ0v) is 14.9. The van der Waals surface area contributed by atoms with Crippen LogP contribution in [0.15, 0.2) is 24.3 Å². The van der Waals surface area contributed by atoms with E-state index in [9.17, 15) is 9.59 Å². The first-order valence-corrected chi connectivity index (χ1v) is 8.40. The quantitative estimate of drug-likeness (QED) is 0.894. The number of amides is 1. The standard InChI is InChI=1S/C19H27NO4/c1-13-9-14(11-19(2,3)10-13)18(23)20(4)15-5-7-16(8-6-15)24-12-17(21)22/h5-8,13-14H,9-12H2,1-4H3,(H,21,22). The highest BCUT2D eigenvalue weighted by molar-refractivity contribution is 5.94. The van der Waals surface area contributed by atoms with E-state index < -0.39 is 5.97 Å². The molecule has 24 heavy (non-hydrogen) atoms. The molecular formula is C19H27NO4. The molecule has 1 amide bonds. The highest BCUT2D eigenvalue weighted by atomic mass is 16.5. The van der Waals surface area contributed by atoms with Crippen molar-refractivity contribution >= 4 is 17.6 Å². The van der Waals surface area contributed by atoms with Gasteiger partial charge in [-0.3, -0.25) is 4.79 Å². The topological polar surface area (TPSA) is 66.8 Å². The van der Waals surface area contributed by atoms with Crippen LogP contribution in [0, 0.1) is 17.3 Å². The molecule has 0 aliphatic heterocycles. The van der Waals surface area contributed by atoms with Crippen molar-refractivity contribution in [2.75, 3.05) is 18.6 Å². The molecular weight excluding hydrogens is 306 g/mol. The summed E-state index contributed by atoms with van der Waals surface area (Å²) in [4.78, 5) is 25.1. The number of carboxylic acids is 1. The van der Waals surface area contributed by atoms with Gasteiger partial charge in [0.05, 0.1) is 0 Å². The minimum atomic E-state index is -1.01. The predicted molar refractivity (Wildman–Crippen MR) is 93.3 cm³/mol. The van der Waals surface area contributed by atoms with Gasteiger partial charge in [0, 0.05) is 18.7 Å². The molecule has 5 nitrogen and oxygen atoms in total. The number of hydrogen-bond donors (Lipinski definition) is 1. The SMILES string of the molecule is CC1CC(C(=O)N(C)c2ccc(OCC(=O)O)cc2)CC(C)(C)C1. The zero-order chi connectivity index (χ0) is 17.9. The zero-order valence-electron chi connectivity index (χ0n) is 14.9. The fraction of sp³-hybridized carbons (Fsp3) is 0.579. The molecule has 0 aromatic heterocycles. The number of hydrogen-bond acceptors (Lipinski definition) is 3. The van der Waals surface area contributed by atoms with Crippen LogP contribution in [0.25, 0.3) is 0 Å². The maximum absolute atomic E-state index is 12.8. The van der Waals surface area contributed by atoms with Crippen molar-refractivity contribution in [2.45, 2.75) is 40.0 Å². The average Bonchev–Trinajstić information content (AvgIpc) is 2.50. The number of aliphatic carboxylic acids is 1. The summed E-state index contributed by atoms with van der Waals surface area (Å²) in [5, 5.41) is 8.62. The van der Waals surface area contributed by atoms with Crippen LogP contribution in [0.5, 0.6) is 5.75 Å². The van der Waals surface area contributed by atoms with Gasteiger partial charge in [0.1, 0.15) is 5.75 Å². The molecule has 0 heterocycles. The van der Waals surface area contributed by atoms with E-state index in [4.69, 9.17) is 9.84 Å². The Kier molecular flexibility index (Phi) is 5.52. The van der Waals surface area contributed by atoms with Gasteiger partial charge in [0.15, 0.2) is 6.61 Å². The number of benzene rings is 1. The fourth-order valence-corrected chi connectivity index (χ4v) is 3.85. The van der Waals surface area contributed by atoms with Crippen LogP contribution in [0.2, 0.25) is 0 Å². The summed E-state index contributed by atoms with van der Waals surface area (Å²) in [7, 11) is 1.79. The van der Waals surface area contributed by atoms with Crippen molar-refractivity contribution in [3.05, 3.63) is 24.3 Å². The summed E-state index contributed by atoms with van der Waals surface area (Å²) in [6.07, 6.45) is 3.02. The molecule has 2 rings (SSSR count). The van der Waals surface area contributed by atoms with Gasteiger partial charge in [-0.05, 0) is 54.9 Å². The van der Waals surface area contributed by atoms with E-state index in [0.29, 0.717) is 11.7 Å². The van der Waals surface area contributed by atoms with Crippen LogP contribution < -0.4 is 9.64 Å². The normalized spacial score (nSPS) is 22.7. The van der Waals surface area contributed by atoms with Gasteiger partial charge in [-0.15, -0.1) is 0 Å². The summed E-state index contributed by atoms with van der Waals surface area (Å²) in [6, 6.07) is 6.95. The molecule has 1 fully saturated rings. The van der Waals surface area contributed by atoms with Crippen molar-refractivity contribution in [1.29, 1.82) is 0 Å². The lowest BCUT2D eigenvalue weighted by Crippen LogP contribution is -2.39. The largest absolute Gasteiger partial charge is 0.482 e. The van der Waals surface area contributed by atoms with Crippen LogP contribution in [0.4, 0.5) is 5.69 Å². The van der Waals surface area contributed by atoms with Crippen molar-refractivity contribution in [3.8, 4) is 5.75 Å². The molecule has 0 saturated heterocycles. The Morgan fingerprint density at radius 1 is 1.25 bits per heavy atom. The maximum atomic E-state index is 12.8. The van der Waals surface area contributed by atoms with Crippen LogP contribution in [0.3, 0.4) is 0 Å². The first-order chi connectivity index (χ1) is 11.2. The minimum Gasteiger partial charge on any atom is -0.482 e. The summed E-state index contributed by atoms with van der Waals surface area (Å²) in [5.74, 6) is 0.225. The van der Waals surface area contributed by atoms with E-state index in [0.717, 1.165) is 24.9 Å². The number of carboxylic acid groups (broad SMARTS) is 1. The summed E-state index contributed by atoms with van der Waals surface area (Å²) in [6.45, 7) is 6.31. The minimum absolute atomic E-state index is 0.0525. The van der Waals surface area contributed by atoms with Crippen molar-refractivity contribution in [3.63, 3.8) is 0 Å². The number of ether oxygens (including phenoxy) is 1. The third kappa shape index (κ3) is 4.73. The highest BCUT2D eigenvalue weighted by Gasteiger charge is 2.36. The molecule has 5 heteroatoms. The van der Waals surface area contributed by atoms with Gasteiger partial charge in [0.2, 0.25) is 5.91 Å². The van der Waals surface area contributed by atoms with E-state index in [1.54, 1.807) is 36.2 Å². The number of nitrogens with zero attached hydrogens (tertiary/aromatic N) is 1. The lowest BCUT2D eigenvalue weighted by molar-refractivity contribution is -0.139. The third-order valence-electron chi connectivity index (χ3n) is 4.65. The lowest BCUT2D eigenvalue weighted by Gasteiger charge is -2.39. The van der Waals surface area contributed by atoms with E-state index in [-0.39, 0.29) is 23.8 Å². The molecule has 2 unspecified atom stereocenters. The molecule has 2 atom stereocenters. The molecule has 132 valence electrons. The van der Waals surface area contributed by atoms with E-state index in [2.05, 4.69) is 20.8 Å². The Hall–Kier alpha value is -2.04. The van der Waals surface area contributed by atoms with E-state index in [1.807, 2.05) is 0 Å². The predicted octanol–water partition coefficient (Wildman–Crippen LogP) is 3.58. The second-order valence-electron chi connectivity index (χ2n) is 7.68. The number of anilines is 1. The molecule has 0 bridgehead atoms. The van der Waals surface area contributed by atoms with Gasteiger partial charge in [-0.2, -0.15) is 0 Å². The van der Waals surface area contributed by atoms with Gasteiger partial charge >= 0.3 is 5.97 Å². The summed E-state index contributed by atoms with van der Waals surface area (Å²) >= 11 is 0. The smallest absolute Gasteiger partial charge is 0.341 e. The molecule has 1 aliphatic carbocycles. The molecule has 1 saturated carbocycles. The fourth-order valence-electron chi connectivity index (χ4n) is 3.85. The first-order valence-electron chi connectivity index (χ1n) is 8.40. The maximum Gasteiger partial charge on any atom is 0.341 e. The van der Waals surface area contributed by atoms with Crippen molar-refractivity contribution in [1.82, 2.24) is 0 Å². The Balaban J connectivity index is 2.03. The Bertz CT molecular complexity index is 594. The van der Waals surface area contributed by atoms with E-state index >= 15 is 0 Å². The van der Waals surface area contributed by atoms with Crippen LogP contribution in [-0.4, -0.2) is 30.6 Å². The third-order valence-corrected chi connectivity index (χ3v) is 4.65. The Morgan fingerprint density at radius 3 is 2.42 bits per heavy atom. The first kappa shape index (κ1) is 18.3. The number of rotatable bonds is 5. The monoisotopic (exact) mass is 333 g/mol. The number of carbonyl (C=O) groups is 2. The van der Waals surface area contributed by atoms with Crippen molar-refractivity contribution < 1.29 is 19.4 Å². The van der Waals surface area contributed by atoms with Crippen LogP contribution >= 0.6 is 0 Å². The van der Waals surface area contributed by atoms with Crippen LogP contribution in [-0.2, 0) is 9.59 Å². The summed E-state index contributed by atoms with van der Waals surface area (Å²) in [5.41, 5.74) is 0.992. The Labute approximate surface area is 143 Å². The van der Waals surface area contributed by atoms with Gasteiger partial charge in [0.25, 0.3) is 0 Å². The van der Waals surface area contributed by atoms with Crippen LogP contribution in [0.1, 0.15) is 40.0 Å². The summed E-state index contributed by atoms with van der Waals surface area (Å²) < 4.78 is 5.12.